The highest BCUT2D eigenvalue weighted by Crippen LogP contribution is 2.26. The Bertz CT molecular complexity index is 879. The number of halogens is 1. The number of amides is 1. The van der Waals surface area contributed by atoms with Crippen LogP contribution in [0.1, 0.15) is 33.3 Å². The molecule has 140 valence electrons. The summed E-state index contributed by atoms with van der Waals surface area (Å²) < 4.78 is 24.8. The molecule has 7 nitrogen and oxygen atoms in total. The first-order valence-corrected chi connectivity index (χ1v) is 8.11. The topological polar surface area (TPSA) is 93.7 Å². The summed E-state index contributed by atoms with van der Waals surface area (Å²) in [6, 6.07) is 4.46. The Kier molecular flexibility index (Phi) is 5.64. The van der Waals surface area contributed by atoms with E-state index in [4.69, 9.17) is 9.47 Å². The average Bonchev–Trinajstić information content (AvgIpc) is 2.56. The molecule has 0 heterocycles. The molecule has 0 saturated carbocycles. The first kappa shape index (κ1) is 19.4. The molecule has 0 unspecified atom stereocenters. The summed E-state index contributed by atoms with van der Waals surface area (Å²) in [5, 5.41) is 5.06. The molecule has 2 aromatic rings. The van der Waals surface area contributed by atoms with E-state index in [0.717, 1.165) is 0 Å². The van der Waals surface area contributed by atoms with E-state index in [1.54, 1.807) is 33.8 Å². The van der Waals surface area contributed by atoms with Gasteiger partial charge in [-0.25, -0.2) is 9.18 Å². The maximum Gasteiger partial charge on any atom is 0.407 e. The molecule has 0 bridgehead atoms. The van der Waals surface area contributed by atoms with Gasteiger partial charge in [0.05, 0.1) is 12.3 Å². The lowest BCUT2D eigenvalue weighted by molar-refractivity contribution is 0.0523. The minimum Gasteiger partial charge on any atom is -0.488 e. The second-order valence-corrected chi connectivity index (χ2v) is 6.55. The van der Waals surface area contributed by atoms with Crippen molar-refractivity contribution in [2.75, 3.05) is 11.9 Å². The quantitative estimate of drug-likeness (QED) is 0.765. The Morgan fingerprint density at radius 2 is 1.88 bits per heavy atom. The van der Waals surface area contributed by atoms with Crippen LogP contribution in [0.5, 0.6) is 5.75 Å². The van der Waals surface area contributed by atoms with Crippen molar-refractivity contribution in [1.29, 1.82) is 0 Å². The average molecular weight is 364 g/mol. The van der Waals surface area contributed by atoms with Crippen LogP contribution in [0, 0.1) is 5.82 Å². The van der Waals surface area contributed by atoms with E-state index < -0.39 is 28.4 Å². The molecular weight excluding hydrogens is 343 g/mol. The van der Waals surface area contributed by atoms with E-state index in [9.17, 15) is 18.8 Å². The molecule has 0 atom stereocenters. The Morgan fingerprint density at radius 3 is 2.50 bits per heavy atom. The van der Waals surface area contributed by atoms with E-state index >= 15 is 0 Å². The smallest absolute Gasteiger partial charge is 0.407 e. The maximum absolute atomic E-state index is 14.6. The van der Waals surface area contributed by atoms with Crippen molar-refractivity contribution in [3.05, 3.63) is 50.0 Å². The van der Waals surface area contributed by atoms with Gasteiger partial charge in [-0.05, 0) is 33.8 Å². The van der Waals surface area contributed by atoms with Crippen molar-refractivity contribution in [3.63, 3.8) is 0 Å². The molecular formula is C18H21FN2O5. The van der Waals surface area contributed by atoms with Crippen LogP contribution in [0.4, 0.5) is 20.6 Å². The number of nitrogens with one attached hydrogen (secondary N) is 2. The summed E-state index contributed by atoms with van der Waals surface area (Å²) in [7, 11) is 0. The summed E-state index contributed by atoms with van der Waals surface area (Å²) in [6.45, 7) is 6.95. The second-order valence-electron chi connectivity index (χ2n) is 6.55. The number of hydrogen-bond donors (Lipinski definition) is 2. The predicted octanol–water partition coefficient (Wildman–Crippen LogP) is 2.59. The van der Waals surface area contributed by atoms with Gasteiger partial charge in [-0.15, -0.1) is 0 Å². The van der Waals surface area contributed by atoms with Crippen molar-refractivity contribution < 1.29 is 18.7 Å². The lowest BCUT2D eigenvalue weighted by atomic mass is 10.1. The minimum atomic E-state index is -0.759. The lowest BCUT2D eigenvalue weighted by Gasteiger charge is -2.20. The van der Waals surface area contributed by atoms with E-state index in [-0.39, 0.29) is 35.8 Å². The van der Waals surface area contributed by atoms with Crippen molar-refractivity contribution >= 4 is 17.5 Å². The first-order valence-electron chi connectivity index (χ1n) is 8.11. The van der Waals surface area contributed by atoms with Crippen LogP contribution in [-0.2, 0) is 11.3 Å². The fourth-order valence-electron chi connectivity index (χ4n) is 2.20. The van der Waals surface area contributed by atoms with Gasteiger partial charge in [0.25, 0.3) is 10.9 Å². The molecule has 26 heavy (non-hydrogen) atoms. The van der Waals surface area contributed by atoms with Gasteiger partial charge >= 0.3 is 6.09 Å². The zero-order valence-electron chi connectivity index (χ0n) is 15.1. The van der Waals surface area contributed by atoms with Crippen LogP contribution in [0.2, 0.25) is 0 Å². The van der Waals surface area contributed by atoms with Crippen LogP contribution in [0.15, 0.2) is 27.8 Å². The van der Waals surface area contributed by atoms with Gasteiger partial charge in [-0.3, -0.25) is 9.59 Å². The lowest BCUT2D eigenvalue weighted by Crippen LogP contribution is -2.35. The third-order valence-corrected chi connectivity index (χ3v) is 3.32. The van der Waals surface area contributed by atoms with Gasteiger partial charge in [0.1, 0.15) is 11.3 Å². The summed E-state index contributed by atoms with van der Waals surface area (Å²) in [5.74, 6) is -0.756. The highest BCUT2D eigenvalue weighted by Gasteiger charge is 2.24. The zero-order chi connectivity index (χ0) is 19.5. The molecule has 8 heteroatoms. The van der Waals surface area contributed by atoms with Crippen molar-refractivity contribution in [3.8, 4) is 5.75 Å². The largest absolute Gasteiger partial charge is 0.488 e. The number of carbonyl (C=O) groups excluding carboxylic acids is 1. The monoisotopic (exact) mass is 364 g/mol. The Balaban J connectivity index is 2.13. The minimum absolute atomic E-state index is 0.00143. The van der Waals surface area contributed by atoms with E-state index in [2.05, 4.69) is 10.6 Å². The Hall–Kier alpha value is -2.90. The molecule has 2 aromatic carbocycles. The Labute approximate surface area is 149 Å². The van der Waals surface area contributed by atoms with Gasteiger partial charge < -0.3 is 20.1 Å². The molecule has 2 rings (SSSR count). The van der Waals surface area contributed by atoms with Crippen LogP contribution in [0.3, 0.4) is 0 Å². The molecule has 0 aliphatic rings. The first-order chi connectivity index (χ1) is 12.1. The number of alkyl carbamates (subject to hydrolysis) is 1. The third-order valence-electron chi connectivity index (χ3n) is 3.32. The van der Waals surface area contributed by atoms with Crippen LogP contribution >= 0.6 is 0 Å². The molecule has 1 amide bonds. The van der Waals surface area contributed by atoms with Gasteiger partial charge in [0.15, 0.2) is 11.6 Å². The van der Waals surface area contributed by atoms with Gasteiger partial charge in [-0.1, -0.05) is 12.1 Å². The molecule has 0 aromatic heterocycles. The van der Waals surface area contributed by atoms with Gasteiger partial charge in [0, 0.05) is 12.1 Å². The van der Waals surface area contributed by atoms with Gasteiger partial charge in [0.2, 0.25) is 0 Å². The molecule has 0 spiro atoms. The fraction of sp³-hybridized carbons (Fsp3) is 0.389. The standard InChI is InChI=1S/C18H21FN2O5/c1-5-25-16-13(14(22)15(16)23)21-11-8-6-7-10(12(11)19)9-20-17(24)26-18(2,3)4/h6-8,21H,5,9H2,1-4H3,(H,20,24). The van der Waals surface area contributed by atoms with Crippen LogP contribution in [-0.4, -0.2) is 18.3 Å². The Morgan fingerprint density at radius 1 is 1.19 bits per heavy atom. The third kappa shape index (κ3) is 4.38. The van der Waals surface area contributed by atoms with Gasteiger partial charge in [-0.2, -0.15) is 0 Å². The number of carbonyl (C=O) groups is 1. The van der Waals surface area contributed by atoms with Crippen molar-refractivity contribution in [1.82, 2.24) is 5.32 Å². The number of benzene rings is 1. The number of ether oxygens (including phenoxy) is 2. The van der Waals surface area contributed by atoms with Crippen molar-refractivity contribution in [2.45, 2.75) is 39.8 Å². The highest BCUT2D eigenvalue weighted by atomic mass is 19.1. The number of rotatable bonds is 6. The summed E-state index contributed by atoms with van der Waals surface area (Å²) in [5.41, 5.74) is -2.04. The van der Waals surface area contributed by atoms with Crippen molar-refractivity contribution in [2.24, 2.45) is 0 Å². The number of anilines is 2. The zero-order valence-corrected chi connectivity index (χ0v) is 15.1. The number of hydrogen-bond acceptors (Lipinski definition) is 6. The maximum atomic E-state index is 14.6. The molecule has 0 radical (unpaired) electrons. The fourth-order valence-corrected chi connectivity index (χ4v) is 2.20. The van der Waals surface area contributed by atoms with E-state index in [0.29, 0.717) is 0 Å². The van der Waals surface area contributed by atoms with Crippen LogP contribution in [0.25, 0.3) is 0 Å². The molecule has 2 N–H and O–H groups in total. The molecule has 0 aliphatic carbocycles. The molecule has 0 aliphatic heterocycles. The van der Waals surface area contributed by atoms with Crippen LogP contribution < -0.4 is 26.2 Å². The normalized spacial score (nSPS) is 11.3. The summed E-state index contributed by atoms with van der Waals surface area (Å²) in [4.78, 5) is 34.8. The summed E-state index contributed by atoms with van der Waals surface area (Å²) in [6.07, 6.45) is -0.670. The van der Waals surface area contributed by atoms with E-state index in [1.165, 1.54) is 12.1 Å². The second kappa shape index (κ2) is 7.55. The van der Waals surface area contributed by atoms with E-state index in [1.807, 2.05) is 0 Å². The molecule has 0 saturated heterocycles. The molecule has 0 fully saturated rings. The SMILES string of the molecule is CCOc1c(Nc2cccc(CNC(=O)OC(C)(C)C)c2F)c(=O)c1=O. The highest BCUT2D eigenvalue weighted by molar-refractivity contribution is 5.71. The summed E-state index contributed by atoms with van der Waals surface area (Å²) >= 11 is 0. The predicted molar refractivity (Wildman–Crippen MR) is 95.3 cm³/mol.